The van der Waals surface area contributed by atoms with E-state index >= 15 is 0 Å². The first-order chi connectivity index (χ1) is 17.8. The maximum Gasteiger partial charge on any atom is 0.324 e. The average Bonchev–Trinajstić information content (AvgIpc) is 2.92. The molecule has 0 amide bonds. The van der Waals surface area contributed by atoms with Gasteiger partial charge in [-0.3, -0.25) is 0 Å². The molecule has 1 aliphatic heterocycles. The van der Waals surface area contributed by atoms with E-state index in [1.54, 1.807) is 0 Å². The number of nitrogens with zero attached hydrogens (tertiary/aromatic N) is 1. The lowest BCUT2D eigenvalue weighted by atomic mass is 10.1. The Bertz CT molecular complexity index is 1100. The van der Waals surface area contributed by atoms with E-state index in [0.29, 0.717) is 0 Å². The van der Waals surface area contributed by atoms with Crippen molar-refractivity contribution < 1.29 is 9.16 Å². The lowest BCUT2D eigenvalue weighted by molar-refractivity contribution is 0.0321. The number of likely N-dealkylation sites (tertiary alicyclic amines) is 1. The molecule has 4 rings (SSSR count). The van der Waals surface area contributed by atoms with Crippen LogP contribution in [-0.2, 0) is 15.7 Å². The van der Waals surface area contributed by atoms with Gasteiger partial charge in [0, 0.05) is 13.1 Å². The molecular formula is C33H43NO2Si. The molecule has 0 aliphatic carbocycles. The Morgan fingerprint density at radius 2 is 1.38 bits per heavy atom. The molecule has 1 aliphatic rings. The molecule has 196 valence electrons. The van der Waals surface area contributed by atoms with Crippen LogP contribution in [0.15, 0.2) is 103 Å². The van der Waals surface area contributed by atoms with E-state index in [1.165, 1.54) is 28.1 Å². The molecule has 3 aromatic rings. The molecule has 4 heteroatoms. The SMILES string of the molecule is CCC(C)O/C(O[Si](c1ccccc1)(c1ccccc1)C(C)(C)C)=C1\CCCCN1Cc1ccccc1. The first-order valence-electron chi connectivity index (χ1n) is 13.8. The van der Waals surface area contributed by atoms with Gasteiger partial charge >= 0.3 is 8.32 Å². The molecule has 0 spiro atoms. The predicted octanol–water partition coefficient (Wildman–Crippen LogP) is 7.23. The van der Waals surface area contributed by atoms with Gasteiger partial charge in [0.2, 0.25) is 0 Å². The minimum absolute atomic E-state index is 0.0706. The summed E-state index contributed by atoms with van der Waals surface area (Å²) >= 11 is 0. The standard InChI is InChI=1S/C33H43NO2Si/c1-6-27(2)35-32(31-24-16-17-25-34(31)26-28-18-10-7-11-19-28)36-37(33(3,4)5,29-20-12-8-13-21-29)30-22-14-9-15-23-30/h7-15,18-23,27H,6,16-17,24-26H2,1-5H3/b32-31-. The van der Waals surface area contributed by atoms with Crippen molar-refractivity contribution in [1.29, 1.82) is 0 Å². The molecule has 0 N–H and O–H groups in total. The molecule has 1 atom stereocenters. The van der Waals surface area contributed by atoms with Gasteiger partial charge in [-0.15, -0.1) is 0 Å². The van der Waals surface area contributed by atoms with Crippen molar-refractivity contribution in [3.63, 3.8) is 0 Å². The highest BCUT2D eigenvalue weighted by Crippen LogP contribution is 2.40. The number of ether oxygens (including phenoxy) is 1. The summed E-state index contributed by atoms with van der Waals surface area (Å²) in [4.78, 5) is 2.49. The lowest BCUT2D eigenvalue weighted by Crippen LogP contribution is -2.66. The zero-order chi connectivity index (χ0) is 26.3. The fourth-order valence-electron chi connectivity index (χ4n) is 5.30. The van der Waals surface area contributed by atoms with Gasteiger partial charge in [0.25, 0.3) is 5.95 Å². The Morgan fingerprint density at radius 3 is 1.89 bits per heavy atom. The molecule has 0 radical (unpaired) electrons. The number of piperidine rings is 1. The van der Waals surface area contributed by atoms with Crippen molar-refractivity contribution in [3.05, 3.63) is 108 Å². The van der Waals surface area contributed by atoms with Gasteiger partial charge in [-0.2, -0.15) is 0 Å². The van der Waals surface area contributed by atoms with Gasteiger partial charge in [-0.05, 0) is 53.6 Å². The molecule has 0 aromatic heterocycles. The zero-order valence-electron chi connectivity index (χ0n) is 23.2. The minimum atomic E-state index is -2.81. The van der Waals surface area contributed by atoms with Crippen LogP contribution in [0.3, 0.4) is 0 Å². The Kier molecular flexibility index (Phi) is 8.81. The van der Waals surface area contributed by atoms with Crippen molar-refractivity contribution in [2.75, 3.05) is 6.54 Å². The summed E-state index contributed by atoms with van der Waals surface area (Å²) in [6.45, 7) is 13.2. The van der Waals surface area contributed by atoms with E-state index in [1.807, 2.05) is 0 Å². The quantitative estimate of drug-likeness (QED) is 0.222. The molecule has 1 fully saturated rings. The Labute approximate surface area is 225 Å². The highest BCUT2D eigenvalue weighted by atomic mass is 28.4. The van der Waals surface area contributed by atoms with Crippen molar-refractivity contribution in [3.8, 4) is 0 Å². The topological polar surface area (TPSA) is 21.7 Å². The molecule has 1 saturated heterocycles. The molecular weight excluding hydrogens is 470 g/mol. The van der Waals surface area contributed by atoms with Gasteiger partial charge in [-0.25, -0.2) is 0 Å². The van der Waals surface area contributed by atoms with Crippen molar-refractivity contribution >= 4 is 18.7 Å². The van der Waals surface area contributed by atoms with Crippen LogP contribution < -0.4 is 10.4 Å². The highest BCUT2D eigenvalue weighted by molar-refractivity contribution is 6.99. The van der Waals surface area contributed by atoms with E-state index in [9.17, 15) is 0 Å². The summed E-state index contributed by atoms with van der Waals surface area (Å²) < 4.78 is 14.3. The van der Waals surface area contributed by atoms with Crippen LogP contribution in [0.25, 0.3) is 0 Å². The minimum Gasteiger partial charge on any atom is -0.508 e. The van der Waals surface area contributed by atoms with E-state index in [0.717, 1.165) is 38.3 Å². The van der Waals surface area contributed by atoms with Crippen LogP contribution in [-0.4, -0.2) is 25.9 Å². The Hall–Kier alpha value is -2.98. The van der Waals surface area contributed by atoms with Gasteiger partial charge in [0.05, 0.1) is 11.8 Å². The van der Waals surface area contributed by atoms with Crippen molar-refractivity contribution in [1.82, 2.24) is 4.90 Å². The molecule has 1 heterocycles. The van der Waals surface area contributed by atoms with Crippen LogP contribution in [0.1, 0.15) is 65.9 Å². The van der Waals surface area contributed by atoms with Gasteiger partial charge in [0.1, 0.15) is 0 Å². The van der Waals surface area contributed by atoms with Crippen LogP contribution in [0.5, 0.6) is 0 Å². The molecule has 3 nitrogen and oxygen atoms in total. The summed E-state index contributed by atoms with van der Waals surface area (Å²) in [6, 6.07) is 32.5. The third-order valence-corrected chi connectivity index (χ3v) is 12.4. The second kappa shape index (κ2) is 12.0. The normalized spacial score (nSPS) is 16.7. The van der Waals surface area contributed by atoms with Gasteiger partial charge < -0.3 is 14.1 Å². The maximum absolute atomic E-state index is 7.51. The molecule has 37 heavy (non-hydrogen) atoms. The van der Waals surface area contributed by atoms with E-state index in [4.69, 9.17) is 9.16 Å². The first kappa shape index (κ1) is 27.1. The van der Waals surface area contributed by atoms with Crippen LogP contribution in [0.2, 0.25) is 5.04 Å². The molecule has 3 aromatic carbocycles. The van der Waals surface area contributed by atoms with Crippen molar-refractivity contribution in [2.45, 2.75) is 78.0 Å². The number of hydrogen-bond acceptors (Lipinski definition) is 3. The third kappa shape index (κ3) is 6.12. The molecule has 1 unspecified atom stereocenters. The second-order valence-electron chi connectivity index (χ2n) is 11.2. The summed E-state index contributed by atoms with van der Waals surface area (Å²) in [7, 11) is -2.81. The van der Waals surface area contributed by atoms with E-state index in [2.05, 4.69) is 131 Å². The summed E-state index contributed by atoms with van der Waals surface area (Å²) in [5.41, 5.74) is 2.53. The van der Waals surface area contributed by atoms with Crippen LogP contribution in [0, 0.1) is 0 Å². The summed E-state index contributed by atoms with van der Waals surface area (Å²) in [5, 5.41) is 2.41. The number of rotatable bonds is 9. The highest BCUT2D eigenvalue weighted by Gasteiger charge is 2.53. The van der Waals surface area contributed by atoms with Gasteiger partial charge in [-0.1, -0.05) is 119 Å². The Morgan fingerprint density at radius 1 is 0.838 bits per heavy atom. The van der Waals surface area contributed by atoms with Gasteiger partial charge in [0.15, 0.2) is 0 Å². The summed E-state index contributed by atoms with van der Waals surface area (Å²) in [5.74, 6) is 0.735. The zero-order valence-corrected chi connectivity index (χ0v) is 24.2. The summed E-state index contributed by atoms with van der Waals surface area (Å²) in [6.07, 6.45) is 4.31. The monoisotopic (exact) mass is 513 g/mol. The number of benzene rings is 3. The first-order valence-corrected chi connectivity index (χ1v) is 15.7. The van der Waals surface area contributed by atoms with E-state index < -0.39 is 8.32 Å². The number of allylic oxidation sites excluding steroid dienone is 1. The second-order valence-corrected chi connectivity index (χ2v) is 15.4. The third-order valence-electron chi connectivity index (χ3n) is 7.47. The largest absolute Gasteiger partial charge is 0.508 e. The fourth-order valence-corrected chi connectivity index (χ4v) is 9.68. The van der Waals surface area contributed by atoms with Crippen LogP contribution in [0.4, 0.5) is 0 Å². The van der Waals surface area contributed by atoms with Crippen molar-refractivity contribution in [2.24, 2.45) is 0 Å². The molecule has 0 bridgehead atoms. The van der Waals surface area contributed by atoms with Crippen LogP contribution >= 0.6 is 0 Å². The smallest absolute Gasteiger partial charge is 0.324 e. The lowest BCUT2D eigenvalue weighted by Gasteiger charge is -2.44. The number of hydrogen-bond donors (Lipinski definition) is 0. The maximum atomic E-state index is 7.51. The Balaban J connectivity index is 1.89. The average molecular weight is 514 g/mol. The fraction of sp³-hybridized carbons (Fsp3) is 0.394. The predicted molar refractivity (Wildman–Crippen MR) is 157 cm³/mol. The van der Waals surface area contributed by atoms with E-state index in [-0.39, 0.29) is 11.1 Å². The molecule has 0 saturated carbocycles.